The molecule has 0 aliphatic heterocycles. The maximum atomic E-state index is 6.52. The molecule has 8 heterocycles. The fourth-order valence-corrected chi connectivity index (χ4v) is 19.2. The van der Waals surface area contributed by atoms with Crippen LogP contribution in [0.2, 0.25) is 0 Å². The molecule has 0 amide bonds. The summed E-state index contributed by atoms with van der Waals surface area (Å²) in [6.45, 7) is 19.8. The monoisotopic (exact) mass is 1530 g/mol. The average Bonchev–Trinajstić information content (AvgIpc) is 1.62. The highest BCUT2D eigenvalue weighted by atomic mass is 16.3. The molecule has 578 valence electrons. The van der Waals surface area contributed by atoms with Crippen LogP contribution in [0.5, 0.6) is 0 Å². The van der Waals surface area contributed by atoms with Gasteiger partial charge >= 0.3 is 0 Å². The van der Waals surface area contributed by atoms with Gasteiger partial charge in [0.1, 0.15) is 72.9 Å². The van der Waals surface area contributed by atoms with E-state index in [0.29, 0.717) is 5.92 Å². The number of benzene rings is 12. The third kappa shape index (κ3) is 13.6. The molecule has 2 saturated carbocycles. The van der Waals surface area contributed by atoms with Crippen LogP contribution in [-0.2, 0) is 33.6 Å². The Morgan fingerprint density at radius 1 is 0.256 bits per heavy atom. The van der Waals surface area contributed by atoms with E-state index in [0.717, 1.165) is 50.6 Å². The van der Waals surface area contributed by atoms with Gasteiger partial charge in [0, 0.05) is 89.6 Å². The molecule has 2 fully saturated rings. The SMILES string of the molecule is Cc1cc(-c2c(C)ccc3c2oc2cc4ccccc4cc23)[n+](C)cc1C.Cc1ccc2c(oc3cc4ccccc4cc32)c1-c1ccc(C(C)(C)C)c[n+]1C.Cc1ccc2c(oc3cc4ccccc4cc32)c1-c1ccc(C2CCCC2)c[n+]1C.Cc1ccc2c(oc3cc4ccccc4cc32)c1-c1ccc(C2CCCCC2)c[n+]1C. The van der Waals surface area contributed by atoms with Gasteiger partial charge in [-0.15, -0.1) is 0 Å². The van der Waals surface area contributed by atoms with Crippen molar-refractivity contribution in [2.75, 3.05) is 0 Å². The highest BCUT2D eigenvalue weighted by Crippen LogP contribution is 2.45. The minimum Gasteiger partial charge on any atom is -0.455 e. The van der Waals surface area contributed by atoms with Crippen LogP contribution in [0, 0.1) is 41.5 Å². The predicted molar refractivity (Wildman–Crippen MR) is 486 cm³/mol. The van der Waals surface area contributed by atoms with Gasteiger partial charge in [0.05, 0.1) is 22.3 Å². The molecule has 0 atom stereocenters. The van der Waals surface area contributed by atoms with Crippen LogP contribution in [-0.4, -0.2) is 0 Å². The summed E-state index contributed by atoms with van der Waals surface area (Å²) >= 11 is 0. The molecule has 2 aliphatic rings. The van der Waals surface area contributed by atoms with Crippen LogP contribution in [0.1, 0.15) is 140 Å². The molecule has 12 aromatic carbocycles. The van der Waals surface area contributed by atoms with E-state index in [1.54, 1.807) is 0 Å². The van der Waals surface area contributed by atoms with Crippen LogP contribution in [0.3, 0.4) is 0 Å². The van der Waals surface area contributed by atoms with Gasteiger partial charge in [-0.05, 0) is 222 Å². The largest absolute Gasteiger partial charge is 0.455 e. The normalized spacial score (nSPS) is 13.6. The lowest BCUT2D eigenvalue weighted by atomic mass is 9.84. The number of rotatable bonds is 6. The minimum atomic E-state index is 0.122. The zero-order valence-electron chi connectivity index (χ0n) is 69.8. The molecule has 0 saturated heterocycles. The zero-order chi connectivity index (χ0) is 80.2. The first kappa shape index (κ1) is 74.6. The second-order valence-electron chi connectivity index (χ2n) is 34.8. The van der Waals surface area contributed by atoms with E-state index in [2.05, 4.69) is 370 Å². The molecule has 22 rings (SSSR count). The molecular formula is C109H102N4O4+4. The molecular weight excluding hydrogens is 1430 g/mol. The number of nitrogens with zero attached hydrogens (tertiary/aromatic N) is 4. The molecule has 8 aromatic heterocycles. The highest BCUT2D eigenvalue weighted by Gasteiger charge is 2.30. The van der Waals surface area contributed by atoms with Crippen LogP contribution in [0.25, 0.3) is 176 Å². The number of pyridine rings is 4. The number of furan rings is 4. The van der Waals surface area contributed by atoms with Gasteiger partial charge < -0.3 is 17.7 Å². The highest BCUT2D eigenvalue weighted by molar-refractivity contribution is 6.17. The lowest BCUT2D eigenvalue weighted by Crippen LogP contribution is -2.33. The molecule has 20 aromatic rings. The van der Waals surface area contributed by atoms with Gasteiger partial charge in [-0.25, -0.2) is 18.3 Å². The van der Waals surface area contributed by atoms with Crippen molar-refractivity contribution in [1.29, 1.82) is 0 Å². The zero-order valence-corrected chi connectivity index (χ0v) is 69.8. The van der Waals surface area contributed by atoms with Gasteiger partial charge in [0.25, 0.3) is 0 Å². The number of hydrogen-bond donors (Lipinski definition) is 0. The van der Waals surface area contributed by atoms with Gasteiger partial charge in [-0.3, -0.25) is 0 Å². The Bertz CT molecular complexity index is 7370. The summed E-state index contributed by atoms with van der Waals surface area (Å²) in [7, 11) is 8.58. The van der Waals surface area contributed by atoms with Gasteiger partial charge in [-0.1, -0.05) is 198 Å². The van der Waals surface area contributed by atoms with Gasteiger partial charge in [0.2, 0.25) is 22.8 Å². The van der Waals surface area contributed by atoms with E-state index in [1.165, 1.54) is 239 Å². The maximum Gasteiger partial charge on any atom is 0.216 e. The van der Waals surface area contributed by atoms with Crippen molar-refractivity contribution in [2.24, 2.45) is 28.2 Å². The third-order valence-electron chi connectivity index (χ3n) is 25.8. The summed E-state index contributed by atoms with van der Waals surface area (Å²) in [4.78, 5) is 0. The van der Waals surface area contributed by atoms with E-state index in [1.807, 2.05) is 0 Å². The van der Waals surface area contributed by atoms with E-state index in [4.69, 9.17) is 17.7 Å². The summed E-state index contributed by atoms with van der Waals surface area (Å²) in [5.41, 5.74) is 29.2. The van der Waals surface area contributed by atoms with E-state index < -0.39 is 0 Å². The van der Waals surface area contributed by atoms with Gasteiger partial charge in [0.15, 0.2) is 24.8 Å². The van der Waals surface area contributed by atoms with Crippen LogP contribution in [0.4, 0.5) is 0 Å². The summed E-state index contributed by atoms with van der Waals surface area (Å²) in [6.07, 6.45) is 21.3. The lowest BCUT2D eigenvalue weighted by Gasteiger charge is -2.21. The van der Waals surface area contributed by atoms with E-state index in [-0.39, 0.29) is 5.41 Å². The van der Waals surface area contributed by atoms with Crippen molar-refractivity contribution >= 4 is 131 Å². The van der Waals surface area contributed by atoms with E-state index >= 15 is 0 Å². The fourth-order valence-electron chi connectivity index (χ4n) is 19.2. The summed E-state index contributed by atoms with van der Waals surface area (Å²) in [5, 5.41) is 19.3. The predicted octanol–water partition coefficient (Wildman–Crippen LogP) is 27.8. The first-order chi connectivity index (χ1) is 56.7. The fraction of sp³-hybridized carbons (Fsp3) is 0.229. The second kappa shape index (κ2) is 30.0. The van der Waals surface area contributed by atoms with Crippen LogP contribution < -0.4 is 18.3 Å². The number of aryl methyl sites for hydroxylation is 10. The van der Waals surface area contributed by atoms with Gasteiger partial charge in [-0.2, -0.15) is 0 Å². The Hall–Kier alpha value is -12.5. The van der Waals surface area contributed by atoms with Crippen LogP contribution >= 0.6 is 0 Å². The van der Waals surface area contributed by atoms with Crippen molar-refractivity contribution in [2.45, 2.75) is 137 Å². The Labute approximate surface area is 684 Å². The average molecular weight is 1530 g/mol. The summed E-state index contributed by atoms with van der Waals surface area (Å²) < 4.78 is 34.9. The van der Waals surface area contributed by atoms with Crippen molar-refractivity contribution in [1.82, 2.24) is 0 Å². The Balaban J connectivity index is 0.000000104. The maximum absolute atomic E-state index is 6.52. The smallest absolute Gasteiger partial charge is 0.216 e. The molecule has 0 unspecified atom stereocenters. The quantitative estimate of drug-likeness (QED) is 0.156. The van der Waals surface area contributed by atoms with Crippen molar-refractivity contribution in [3.8, 4) is 45.0 Å². The Kier molecular flexibility index (Phi) is 19.1. The van der Waals surface area contributed by atoms with E-state index in [9.17, 15) is 0 Å². The molecule has 8 heteroatoms. The molecule has 117 heavy (non-hydrogen) atoms. The van der Waals surface area contributed by atoms with Crippen molar-refractivity contribution in [3.63, 3.8) is 0 Å². The number of aromatic nitrogens is 4. The second-order valence-corrected chi connectivity index (χ2v) is 34.8. The molecule has 0 bridgehead atoms. The van der Waals surface area contributed by atoms with Crippen molar-refractivity contribution in [3.05, 3.63) is 311 Å². The molecule has 0 N–H and O–H groups in total. The standard InChI is InChI=1S/C29H28NO.C28H26NO.C27H26NO.C25H22NO/c1-19-12-14-24-25-16-21-10-6-7-11-22(21)17-27(25)31-29(24)28(19)26-15-13-23(18-30(26)2)20-8-4-3-5-9-20;1-18-11-13-23-24-15-20-9-5-6-10-21(20)16-26(24)30-28(23)27(18)25-14-12-22(17-29(25)2)19-7-3-4-8-19;1-17-10-12-21-22-14-18-8-6-7-9-19(18)15-24(22)29-26(21)25(17)23-13-11-20(16-28(23)5)27(2,3)4;1-15-9-10-20-21-12-18-7-5-6-8-19(18)13-23(21)27-25(20)24(15)22-11-16(2)17(3)14-26(22)4/h6-7,10-18,20H,3-5,8-9H2,1-2H3;5-6,9-17,19H,3-4,7-8H2,1-2H3;6-16H,1-5H3;5-14H,1-4H3/q4*+1. The molecule has 2 aliphatic carbocycles. The summed E-state index contributed by atoms with van der Waals surface area (Å²) in [5.74, 6) is 1.44. The third-order valence-corrected chi connectivity index (χ3v) is 25.8. The van der Waals surface area contributed by atoms with Crippen molar-refractivity contribution < 1.29 is 35.9 Å². The summed E-state index contributed by atoms with van der Waals surface area (Å²) in [6, 6.07) is 85.3. The lowest BCUT2D eigenvalue weighted by molar-refractivity contribution is -0.661. The molecule has 0 spiro atoms. The Morgan fingerprint density at radius 3 is 0.846 bits per heavy atom. The molecule has 0 radical (unpaired) electrons. The number of hydrogen-bond acceptors (Lipinski definition) is 4. The topological polar surface area (TPSA) is 68.1 Å². The first-order valence-corrected chi connectivity index (χ1v) is 42.1. The first-order valence-electron chi connectivity index (χ1n) is 42.1. The number of fused-ring (bicyclic) bond motifs is 16. The molecule has 8 nitrogen and oxygen atoms in total. The minimum absolute atomic E-state index is 0.122. The Morgan fingerprint density at radius 2 is 0.538 bits per heavy atom. The van der Waals surface area contributed by atoms with Crippen LogP contribution in [0.15, 0.2) is 279 Å².